The van der Waals surface area contributed by atoms with Crippen molar-refractivity contribution >= 4 is 17.9 Å². The van der Waals surface area contributed by atoms with Gasteiger partial charge in [-0.25, -0.2) is 0 Å². The average Bonchev–Trinajstić information content (AvgIpc) is 3.40. The summed E-state index contributed by atoms with van der Waals surface area (Å²) in [5.74, 6) is -0.864. The standard InChI is InChI=1S/C68H124O6/c1-4-7-10-13-16-18-20-22-24-26-28-29-30-31-32-33-34-35-36-37-38-39-41-42-44-46-48-50-52-55-58-61-67(70)73-64-65(63-72-66(69)60-57-54-15-12-9-6-3)74-68(71)62-59-56-53-51-49-47-45-43-40-27-25-23-21-19-17-14-11-8-5-2/h20,22-23,25-26,28,30-31,65H,4-19,21,24,27,29,32-64H2,1-3H3/b22-20-,25-23-,28-26-,31-30-. The first-order valence-corrected chi connectivity index (χ1v) is 32.6. The van der Waals surface area contributed by atoms with Gasteiger partial charge in [0.1, 0.15) is 13.2 Å². The second-order valence-corrected chi connectivity index (χ2v) is 22.0. The topological polar surface area (TPSA) is 78.9 Å². The van der Waals surface area contributed by atoms with Gasteiger partial charge in [-0.15, -0.1) is 0 Å². The monoisotopic (exact) mass is 1040 g/mol. The molecule has 0 saturated carbocycles. The molecule has 432 valence electrons. The van der Waals surface area contributed by atoms with Crippen molar-refractivity contribution in [2.45, 2.75) is 354 Å². The molecule has 1 atom stereocenters. The molecular formula is C68H124O6. The van der Waals surface area contributed by atoms with E-state index in [2.05, 4.69) is 69.4 Å². The third-order valence-corrected chi connectivity index (χ3v) is 14.6. The van der Waals surface area contributed by atoms with Gasteiger partial charge in [-0.1, -0.05) is 294 Å². The van der Waals surface area contributed by atoms with E-state index in [1.807, 2.05) is 0 Å². The third-order valence-electron chi connectivity index (χ3n) is 14.6. The Labute approximate surface area is 460 Å². The Morgan fingerprint density at radius 2 is 0.486 bits per heavy atom. The summed E-state index contributed by atoms with van der Waals surface area (Å²) in [4.78, 5) is 38.0. The second-order valence-electron chi connectivity index (χ2n) is 22.0. The molecule has 0 rings (SSSR count). The van der Waals surface area contributed by atoms with Crippen molar-refractivity contribution in [3.8, 4) is 0 Å². The summed E-state index contributed by atoms with van der Waals surface area (Å²) < 4.78 is 16.8. The van der Waals surface area contributed by atoms with Crippen LogP contribution in [0.15, 0.2) is 48.6 Å². The van der Waals surface area contributed by atoms with Crippen LogP contribution in [0, 0.1) is 0 Å². The Bertz CT molecular complexity index is 1280. The van der Waals surface area contributed by atoms with Crippen LogP contribution in [0.2, 0.25) is 0 Å². The summed E-state index contributed by atoms with van der Waals surface area (Å²) in [6, 6.07) is 0. The van der Waals surface area contributed by atoms with E-state index in [0.29, 0.717) is 19.3 Å². The highest BCUT2D eigenvalue weighted by Crippen LogP contribution is 2.17. The Morgan fingerprint density at radius 1 is 0.270 bits per heavy atom. The fraction of sp³-hybridized carbons (Fsp3) is 0.838. The van der Waals surface area contributed by atoms with Crippen LogP contribution in [0.4, 0.5) is 0 Å². The highest BCUT2D eigenvalue weighted by molar-refractivity contribution is 5.71. The van der Waals surface area contributed by atoms with Crippen molar-refractivity contribution in [3.05, 3.63) is 48.6 Å². The number of hydrogen-bond donors (Lipinski definition) is 0. The van der Waals surface area contributed by atoms with Gasteiger partial charge in [-0.3, -0.25) is 14.4 Å². The summed E-state index contributed by atoms with van der Waals surface area (Å²) in [6.45, 7) is 6.61. The first kappa shape index (κ1) is 71.4. The fourth-order valence-electron chi connectivity index (χ4n) is 9.62. The lowest BCUT2D eigenvalue weighted by Crippen LogP contribution is -2.30. The van der Waals surface area contributed by atoms with Crippen molar-refractivity contribution in [3.63, 3.8) is 0 Å². The first-order valence-electron chi connectivity index (χ1n) is 32.6. The molecule has 0 aromatic carbocycles. The molecule has 6 nitrogen and oxygen atoms in total. The highest BCUT2D eigenvalue weighted by Gasteiger charge is 2.19. The fourth-order valence-corrected chi connectivity index (χ4v) is 9.62. The smallest absolute Gasteiger partial charge is 0.306 e. The van der Waals surface area contributed by atoms with Gasteiger partial charge in [-0.2, -0.15) is 0 Å². The lowest BCUT2D eigenvalue weighted by molar-refractivity contribution is -0.167. The molecule has 0 aliphatic heterocycles. The van der Waals surface area contributed by atoms with Crippen molar-refractivity contribution in [2.24, 2.45) is 0 Å². The van der Waals surface area contributed by atoms with Crippen molar-refractivity contribution in [1.29, 1.82) is 0 Å². The molecule has 0 spiro atoms. The van der Waals surface area contributed by atoms with E-state index in [4.69, 9.17) is 14.2 Å². The van der Waals surface area contributed by atoms with Gasteiger partial charge < -0.3 is 14.2 Å². The van der Waals surface area contributed by atoms with Crippen molar-refractivity contribution in [2.75, 3.05) is 13.2 Å². The second kappa shape index (κ2) is 62.9. The Balaban J connectivity index is 4.00. The number of carbonyl (C=O) groups excluding carboxylic acids is 3. The predicted octanol–water partition coefficient (Wildman–Crippen LogP) is 22.2. The van der Waals surface area contributed by atoms with Crippen LogP contribution >= 0.6 is 0 Å². The third kappa shape index (κ3) is 60.2. The van der Waals surface area contributed by atoms with E-state index in [-0.39, 0.29) is 31.1 Å². The molecule has 0 aromatic heterocycles. The summed E-state index contributed by atoms with van der Waals surface area (Å²) in [7, 11) is 0. The molecule has 0 aliphatic carbocycles. The maximum absolute atomic E-state index is 12.8. The Morgan fingerprint density at radius 3 is 0.770 bits per heavy atom. The highest BCUT2D eigenvalue weighted by atomic mass is 16.6. The molecule has 0 bridgehead atoms. The van der Waals surface area contributed by atoms with Crippen molar-refractivity contribution < 1.29 is 28.6 Å². The van der Waals surface area contributed by atoms with E-state index >= 15 is 0 Å². The molecule has 0 radical (unpaired) electrons. The molecule has 0 fully saturated rings. The van der Waals surface area contributed by atoms with E-state index in [1.165, 1.54) is 238 Å². The summed E-state index contributed by atoms with van der Waals surface area (Å²) in [5, 5.41) is 0. The van der Waals surface area contributed by atoms with E-state index in [0.717, 1.165) is 70.6 Å². The van der Waals surface area contributed by atoms with Crippen LogP contribution in [0.25, 0.3) is 0 Å². The van der Waals surface area contributed by atoms with Gasteiger partial charge in [0.05, 0.1) is 0 Å². The minimum Gasteiger partial charge on any atom is -0.462 e. The molecule has 0 heterocycles. The van der Waals surface area contributed by atoms with Gasteiger partial charge in [0.25, 0.3) is 0 Å². The number of hydrogen-bond acceptors (Lipinski definition) is 6. The number of carbonyl (C=O) groups is 3. The summed E-state index contributed by atoms with van der Waals surface area (Å²) in [5.41, 5.74) is 0. The SMILES string of the molecule is CCCCCCC/C=C\C/C=C\C/C=C\CCCCCCCCCCCCCCCCCCC(=O)OCC(COC(=O)CCCCCCCC)OC(=O)CCCCCCCCCCC/C=C\CCCCCCCC. The van der Waals surface area contributed by atoms with Gasteiger partial charge in [-0.05, 0) is 83.5 Å². The molecular weight excluding hydrogens is 913 g/mol. The van der Waals surface area contributed by atoms with Crippen LogP contribution in [-0.4, -0.2) is 37.2 Å². The first-order chi connectivity index (χ1) is 36.5. The molecule has 0 aromatic rings. The largest absolute Gasteiger partial charge is 0.462 e. The van der Waals surface area contributed by atoms with Gasteiger partial charge in [0, 0.05) is 19.3 Å². The van der Waals surface area contributed by atoms with Crippen molar-refractivity contribution in [1.82, 2.24) is 0 Å². The number of ether oxygens (including phenoxy) is 3. The normalized spacial score (nSPS) is 12.3. The van der Waals surface area contributed by atoms with E-state index in [1.54, 1.807) is 0 Å². The minimum atomic E-state index is -0.769. The molecule has 0 amide bonds. The van der Waals surface area contributed by atoms with E-state index < -0.39 is 6.10 Å². The number of allylic oxidation sites excluding steroid dienone is 8. The van der Waals surface area contributed by atoms with Gasteiger partial charge >= 0.3 is 17.9 Å². The minimum absolute atomic E-state index is 0.0703. The molecule has 0 N–H and O–H groups in total. The zero-order chi connectivity index (χ0) is 53.6. The summed E-state index contributed by atoms with van der Waals surface area (Å²) >= 11 is 0. The molecule has 6 heteroatoms. The Kier molecular flexibility index (Phi) is 60.7. The number of esters is 3. The molecule has 1 unspecified atom stereocenters. The van der Waals surface area contributed by atoms with Gasteiger partial charge in [0.15, 0.2) is 6.10 Å². The van der Waals surface area contributed by atoms with Crippen LogP contribution in [0.5, 0.6) is 0 Å². The van der Waals surface area contributed by atoms with Gasteiger partial charge in [0.2, 0.25) is 0 Å². The summed E-state index contributed by atoms with van der Waals surface area (Å²) in [6.07, 6.45) is 78.8. The molecule has 0 saturated heterocycles. The van der Waals surface area contributed by atoms with Crippen LogP contribution < -0.4 is 0 Å². The number of rotatable bonds is 60. The lowest BCUT2D eigenvalue weighted by Gasteiger charge is -2.18. The average molecular weight is 1040 g/mol. The zero-order valence-corrected chi connectivity index (χ0v) is 49.6. The quantitative estimate of drug-likeness (QED) is 0.0261. The number of unbranched alkanes of at least 4 members (excludes halogenated alkanes) is 41. The van der Waals surface area contributed by atoms with E-state index in [9.17, 15) is 14.4 Å². The van der Waals surface area contributed by atoms with Crippen LogP contribution in [0.1, 0.15) is 348 Å². The molecule has 0 aliphatic rings. The maximum atomic E-state index is 12.8. The lowest BCUT2D eigenvalue weighted by atomic mass is 10.0. The molecule has 74 heavy (non-hydrogen) atoms. The Hall–Kier alpha value is -2.63. The zero-order valence-electron chi connectivity index (χ0n) is 49.6. The predicted molar refractivity (Wildman–Crippen MR) is 321 cm³/mol. The van der Waals surface area contributed by atoms with Crippen LogP contribution in [0.3, 0.4) is 0 Å². The van der Waals surface area contributed by atoms with Crippen LogP contribution in [-0.2, 0) is 28.6 Å². The maximum Gasteiger partial charge on any atom is 0.306 e.